The molecule has 2 amide bonds. The van der Waals surface area contributed by atoms with E-state index in [9.17, 15) is 29.6 Å². The molecule has 1 saturated heterocycles. The van der Waals surface area contributed by atoms with Crippen molar-refractivity contribution in [2.24, 2.45) is 0 Å². The van der Waals surface area contributed by atoms with E-state index >= 15 is 0 Å². The number of likely N-dealkylation sites (tertiary alicyclic amines) is 1. The van der Waals surface area contributed by atoms with Crippen LogP contribution in [0.2, 0.25) is 18.1 Å². The predicted molar refractivity (Wildman–Crippen MR) is 167 cm³/mol. The van der Waals surface area contributed by atoms with Gasteiger partial charge in [-0.1, -0.05) is 26.8 Å². The summed E-state index contributed by atoms with van der Waals surface area (Å²) in [6, 6.07) is 11.0. The number of amides is 2. The van der Waals surface area contributed by atoms with Gasteiger partial charge in [0, 0.05) is 30.9 Å². The minimum Gasteiger partial charge on any atom is -0.478 e. The summed E-state index contributed by atoms with van der Waals surface area (Å²) in [7, 11) is -2.21. The Morgan fingerprint density at radius 2 is 1.70 bits per heavy atom. The summed E-state index contributed by atoms with van der Waals surface area (Å²) in [4.78, 5) is 52.1. The van der Waals surface area contributed by atoms with Gasteiger partial charge in [0.25, 0.3) is 5.69 Å². The smallest absolute Gasteiger partial charge is 0.414 e. The number of hydrogen-bond donors (Lipinski definition) is 1. The summed E-state index contributed by atoms with van der Waals surface area (Å²) in [5.41, 5.74) is -0.0618. The summed E-state index contributed by atoms with van der Waals surface area (Å²) in [6.45, 7) is 16.1. The molecule has 13 heteroatoms. The van der Waals surface area contributed by atoms with E-state index in [1.165, 1.54) is 47.4 Å². The molecular weight excluding hydrogens is 586 g/mol. The summed E-state index contributed by atoms with van der Waals surface area (Å²) < 4.78 is 18.0. The van der Waals surface area contributed by atoms with Gasteiger partial charge in [-0.15, -0.1) is 0 Å². The fourth-order valence-electron chi connectivity index (χ4n) is 4.51. The van der Waals surface area contributed by atoms with Crippen molar-refractivity contribution in [1.29, 1.82) is 0 Å². The molecule has 1 aliphatic rings. The normalized spacial score (nSPS) is 17.2. The molecule has 1 N–H and O–H groups in total. The zero-order chi connectivity index (χ0) is 33.0. The van der Waals surface area contributed by atoms with E-state index in [1.54, 1.807) is 31.7 Å². The molecule has 2 aromatic rings. The van der Waals surface area contributed by atoms with Crippen LogP contribution in [0.5, 0.6) is 0 Å². The van der Waals surface area contributed by atoms with Gasteiger partial charge in [-0.25, -0.2) is 14.4 Å². The average Bonchev–Trinajstić information content (AvgIpc) is 3.30. The van der Waals surface area contributed by atoms with Gasteiger partial charge in [0.2, 0.25) is 0 Å². The van der Waals surface area contributed by atoms with Gasteiger partial charge >= 0.3 is 18.2 Å². The van der Waals surface area contributed by atoms with Crippen LogP contribution in [0.15, 0.2) is 48.5 Å². The number of carboxylic acids is 1. The van der Waals surface area contributed by atoms with E-state index in [-0.39, 0.29) is 47.8 Å². The number of rotatable bonds is 9. The summed E-state index contributed by atoms with van der Waals surface area (Å²) in [6.07, 6.45) is -1.18. The number of hydrogen-bond acceptors (Lipinski definition) is 8. The third-order valence-electron chi connectivity index (χ3n) is 7.80. The van der Waals surface area contributed by atoms with Crippen molar-refractivity contribution in [3.05, 3.63) is 69.8 Å². The Labute approximate surface area is 259 Å². The fraction of sp³-hybridized carbons (Fsp3) is 0.516. The highest BCUT2D eigenvalue weighted by Crippen LogP contribution is 2.39. The maximum atomic E-state index is 13.6. The minimum atomic E-state index is -2.21. The van der Waals surface area contributed by atoms with Crippen LogP contribution >= 0.6 is 0 Å². The van der Waals surface area contributed by atoms with Crippen molar-refractivity contribution in [3.63, 3.8) is 0 Å². The zero-order valence-electron chi connectivity index (χ0n) is 26.7. The molecule has 0 radical (unpaired) electrons. The third-order valence-corrected chi connectivity index (χ3v) is 12.3. The van der Waals surface area contributed by atoms with E-state index < -0.39 is 43.0 Å². The van der Waals surface area contributed by atoms with Crippen molar-refractivity contribution in [3.8, 4) is 0 Å². The number of nitrogens with zero attached hydrogens (tertiary/aromatic N) is 3. The van der Waals surface area contributed by atoms with Gasteiger partial charge in [-0.05, 0) is 81.2 Å². The summed E-state index contributed by atoms with van der Waals surface area (Å²) >= 11 is 0. The van der Waals surface area contributed by atoms with E-state index in [2.05, 4.69) is 33.9 Å². The van der Waals surface area contributed by atoms with E-state index in [0.717, 1.165) is 0 Å². The molecule has 12 nitrogen and oxygen atoms in total. The van der Waals surface area contributed by atoms with E-state index in [1.807, 2.05) is 0 Å². The zero-order valence-corrected chi connectivity index (χ0v) is 27.7. The van der Waals surface area contributed by atoms with Gasteiger partial charge < -0.3 is 23.9 Å². The number of carbonyl (C=O) groups is 3. The number of nitro benzene ring substituents is 1. The second kappa shape index (κ2) is 13.3. The Bertz CT molecular complexity index is 1370. The first-order valence-corrected chi connectivity index (χ1v) is 17.4. The molecular formula is C31H43N3O9Si. The predicted octanol–water partition coefficient (Wildman–Crippen LogP) is 6.84. The van der Waals surface area contributed by atoms with Crippen molar-refractivity contribution in [2.75, 3.05) is 18.0 Å². The number of anilines is 1. The van der Waals surface area contributed by atoms with Gasteiger partial charge in [0.1, 0.15) is 12.2 Å². The highest BCUT2D eigenvalue weighted by Gasteiger charge is 2.45. The number of ether oxygens (including phenoxy) is 2. The van der Waals surface area contributed by atoms with Crippen LogP contribution in [-0.4, -0.2) is 72.2 Å². The highest BCUT2D eigenvalue weighted by molar-refractivity contribution is 6.74. The first-order valence-electron chi connectivity index (χ1n) is 14.5. The highest BCUT2D eigenvalue weighted by atomic mass is 28.4. The van der Waals surface area contributed by atoms with Crippen molar-refractivity contribution >= 4 is 37.8 Å². The molecule has 0 aromatic heterocycles. The van der Waals surface area contributed by atoms with Crippen molar-refractivity contribution < 1.29 is 38.3 Å². The van der Waals surface area contributed by atoms with Gasteiger partial charge in [0.05, 0.1) is 22.6 Å². The lowest BCUT2D eigenvalue weighted by Gasteiger charge is -2.38. The van der Waals surface area contributed by atoms with Crippen LogP contribution in [0.25, 0.3) is 0 Å². The molecule has 0 unspecified atom stereocenters. The van der Waals surface area contributed by atoms with Crippen LogP contribution in [0.4, 0.5) is 21.0 Å². The molecule has 0 bridgehead atoms. The minimum absolute atomic E-state index is 0.0151. The Kier molecular flexibility index (Phi) is 10.5. The maximum Gasteiger partial charge on any atom is 0.414 e. The van der Waals surface area contributed by atoms with Gasteiger partial charge in [0.15, 0.2) is 8.32 Å². The molecule has 44 heavy (non-hydrogen) atoms. The third kappa shape index (κ3) is 9.02. The average molecular weight is 630 g/mol. The Balaban J connectivity index is 1.92. The number of carbonyl (C=O) groups excluding carboxylic acids is 2. The number of carboxylic acid groups (broad SMARTS) is 1. The molecule has 240 valence electrons. The molecule has 1 aliphatic heterocycles. The standard InChI is InChI=1S/C31H43N3O9Si/c1-30(2,3)42-29(38)33-19-26(43-44(7,8)31(4,5)6)17-25(33)18-32(24-11-9-10-22(16-24)27(35)36)28(37)41-20-21-12-14-23(15-13-21)34(39)40/h9-16,25-26H,17-20H2,1-8H3,(H,35,36)/t25-,26+/m0/s1. The second-order valence-corrected chi connectivity index (χ2v) is 18.2. The molecule has 1 fully saturated rings. The maximum absolute atomic E-state index is 13.6. The van der Waals surface area contributed by atoms with Crippen molar-refractivity contribution in [1.82, 2.24) is 4.90 Å². The Morgan fingerprint density at radius 3 is 2.25 bits per heavy atom. The first-order chi connectivity index (χ1) is 20.3. The van der Waals surface area contributed by atoms with E-state index in [0.29, 0.717) is 12.0 Å². The Hall–Kier alpha value is -3.97. The summed E-state index contributed by atoms with van der Waals surface area (Å²) in [5.74, 6) is -1.16. The monoisotopic (exact) mass is 629 g/mol. The number of non-ortho nitro benzene ring substituents is 1. The topological polar surface area (TPSA) is 149 Å². The van der Waals surface area contributed by atoms with Gasteiger partial charge in [-0.2, -0.15) is 0 Å². The van der Waals surface area contributed by atoms with Gasteiger partial charge in [-0.3, -0.25) is 15.0 Å². The molecule has 2 aromatic carbocycles. The Morgan fingerprint density at radius 1 is 1.07 bits per heavy atom. The SMILES string of the molecule is CC(C)(C)OC(=O)N1C[C@H](O[Si](C)(C)C(C)(C)C)C[C@H]1CN(C(=O)OCc1ccc([N+](=O)[O-])cc1)c1cccc(C(=O)O)c1. The van der Waals surface area contributed by atoms with Crippen molar-refractivity contribution in [2.45, 2.75) is 90.4 Å². The van der Waals surface area contributed by atoms with E-state index in [4.69, 9.17) is 13.9 Å². The quantitative estimate of drug-likeness (QED) is 0.179. The first kappa shape index (κ1) is 34.5. The summed E-state index contributed by atoms with van der Waals surface area (Å²) in [5, 5.41) is 20.5. The van der Waals surface area contributed by atoms with Crippen LogP contribution in [0.1, 0.15) is 63.9 Å². The molecule has 0 spiro atoms. The number of benzene rings is 2. The molecule has 1 heterocycles. The van der Waals surface area contributed by atoms with Crippen LogP contribution in [0.3, 0.4) is 0 Å². The molecule has 0 saturated carbocycles. The molecule has 3 rings (SSSR count). The molecule has 2 atom stereocenters. The lowest BCUT2D eigenvalue weighted by molar-refractivity contribution is -0.384. The van der Waals surface area contributed by atoms with Crippen LogP contribution < -0.4 is 4.90 Å². The largest absolute Gasteiger partial charge is 0.478 e. The fourth-order valence-corrected chi connectivity index (χ4v) is 5.87. The molecule has 0 aliphatic carbocycles. The van der Waals surface area contributed by atoms with Crippen LogP contribution in [0, 0.1) is 10.1 Å². The lowest BCUT2D eigenvalue weighted by atomic mass is 10.1. The van der Waals surface area contributed by atoms with Crippen LogP contribution in [-0.2, 0) is 20.5 Å². The number of aromatic carboxylic acids is 1. The lowest BCUT2D eigenvalue weighted by Crippen LogP contribution is -2.47. The second-order valence-electron chi connectivity index (χ2n) is 13.5. The number of nitro groups is 1.